The van der Waals surface area contributed by atoms with Gasteiger partial charge in [0.25, 0.3) is 5.91 Å². The zero-order chi connectivity index (χ0) is 29.8. The van der Waals surface area contributed by atoms with Crippen molar-refractivity contribution in [2.45, 2.75) is 65.6 Å². The van der Waals surface area contributed by atoms with Gasteiger partial charge in [-0.1, -0.05) is 23.2 Å². The highest BCUT2D eigenvalue weighted by atomic mass is 35.5. The number of nitrogens with zero attached hydrogens (tertiary/aromatic N) is 1. The fourth-order valence-corrected chi connectivity index (χ4v) is 6.42. The van der Waals surface area contributed by atoms with Crippen LogP contribution in [0.25, 0.3) is 11.1 Å². The van der Waals surface area contributed by atoms with E-state index in [4.69, 9.17) is 32.7 Å². The summed E-state index contributed by atoms with van der Waals surface area (Å²) in [5.74, 6) is -1.68. The summed E-state index contributed by atoms with van der Waals surface area (Å²) in [5, 5.41) is 11.1. The maximum Gasteiger partial charge on any atom is 0.337 e. The van der Waals surface area contributed by atoms with Crippen LogP contribution in [0.3, 0.4) is 0 Å². The predicted molar refractivity (Wildman–Crippen MR) is 158 cm³/mol. The van der Waals surface area contributed by atoms with Crippen LogP contribution in [0.4, 0.5) is 10.1 Å². The molecule has 0 saturated carbocycles. The fraction of sp³-hybridized carbons (Fsp3) is 0.375. The van der Waals surface area contributed by atoms with E-state index in [2.05, 4.69) is 0 Å². The van der Waals surface area contributed by atoms with E-state index < -0.39 is 23.5 Å². The Morgan fingerprint density at radius 2 is 1.73 bits per heavy atom. The Bertz CT molecular complexity index is 1560. The fourth-order valence-electron chi connectivity index (χ4n) is 5.89. The van der Waals surface area contributed by atoms with Crippen LogP contribution in [-0.2, 0) is 22.4 Å². The first-order valence-electron chi connectivity index (χ1n) is 13.6. The Hall–Kier alpha value is -3.13. The highest BCUT2D eigenvalue weighted by Crippen LogP contribution is 2.48. The Balaban J connectivity index is 1.78. The molecule has 0 saturated heterocycles. The number of rotatable bonds is 5. The zero-order valence-corrected chi connectivity index (χ0v) is 25.2. The number of halogens is 3. The minimum absolute atomic E-state index is 0.249. The van der Waals surface area contributed by atoms with Crippen molar-refractivity contribution in [1.29, 1.82) is 0 Å². The number of carboxylic acids is 1. The number of ether oxygens (including phenoxy) is 2. The number of carboxylic acid groups (broad SMARTS) is 1. The van der Waals surface area contributed by atoms with Crippen LogP contribution in [0, 0.1) is 19.7 Å². The number of anilines is 1. The summed E-state index contributed by atoms with van der Waals surface area (Å²) in [5.41, 5.74) is 4.78. The second-order valence-electron chi connectivity index (χ2n) is 11.6. The number of hydrogen-bond acceptors (Lipinski definition) is 4. The highest BCUT2D eigenvalue weighted by molar-refractivity contribution is 6.35. The number of amides is 1. The lowest BCUT2D eigenvalue weighted by atomic mass is 9.83. The van der Waals surface area contributed by atoms with E-state index in [1.807, 2.05) is 13.0 Å². The number of carbonyl (C=O) groups is 2. The first kappa shape index (κ1) is 29.4. The quantitative estimate of drug-likeness (QED) is 0.323. The molecule has 1 amide bonds. The third-order valence-corrected chi connectivity index (χ3v) is 7.99. The van der Waals surface area contributed by atoms with Crippen LogP contribution in [0.2, 0.25) is 10.0 Å². The first-order chi connectivity index (χ1) is 19.3. The van der Waals surface area contributed by atoms with Gasteiger partial charge in [-0.3, -0.25) is 4.79 Å². The van der Waals surface area contributed by atoms with E-state index in [1.54, 1.807) is 50.8 Å². The number of carbonyl (C=O) groups excluding carboxylic acids is 1. The van der Waals surface area contributed by atoms with Gasteiger partial charge in [0.15, 0.2) is 17.7 Å². The van der Waals surface area contributed by atoms with Gasteiger partial charge in [0.1, 0.15) is 0 Å². The molecular weight excluding hydrogens is 568 g/mol. The van der Waals surface area contributed by atoms with Gasteiger partial charge in [-0.05, 0) is 112 Å². The summed E-state index contributed by atoms with van der Waals surface area (Å²) in [6.07, 6.45) is 0.525. The highest BCUT2D eigenvalue weighted by Gasteiger charge is 2.37. The lowest BCUT2D eigenvalue weighted by Crippen LogP contribution is -2.29. The van der Waals surface area contributed by atoms with Crippen molar-refractivity contribution in [1.82, 2.24) is 0 Å². The summed E-state index contributed by atoms with van der Waals surface area (Å²) in [6, 6.07) is 7.94. The van der Waals surface area contributed by atoms with E-state index >= 15 is 4.39 Å². The lowest BCUT2D eigenvalue weighted by Gasteiger charge is -2.30. The third-order valence-electron chi connectivity index (χ3n) is 7.55. The molecule has 41 heavy (non-hydrogen) atoms. The van der Waals surface area contributed by atoms with E-state index in [0.29, 0.717) is 69.5 Å². The number of aliphatic carboxylic acids is 1. The Morgan fingerprint density at radius 1 is 1.05 bits per heavy atom. The maximum atomic E-state index is 15.6. The van der Waals surface area contributed by atoms with Gasteiger partial charge in [-0.15, -0.1) is 0 Å². The Labute approximate surface area is 249 Å². The SMILES string of the molecule is Cc1cc2c(c(-c3cc(F)c4c(c3C)CCCO4)c1[C@H](OC(C)(C)C)C(=O)O)CCN2C(=O)c1cc(Cl)cc(Cl)c1. The van der Waals surface area contributed by atoms with Crippen molar-refractivity contribution in [3.8, 4) is 16.9 Å². The van der Waals surface area contributed by atoms with Gasteiger partial charge < -0.3 is 19.5 Å². The minimum atomic E-state index is -1.32. The molecule has 2 aliphatic rings. The van der Waals surface area contributed by atoms with Crippen molar-refractivity contribution in [3.05, 3.63) is 79.6 Å². The molecule has 0 spiro atoms. The van der Waals surface area contributed by atoms with Gasteiger partial charge in [0, 0.05) is 39.0 Å². The molecule has 3 aromatic rings. The number of aryl methyl sites for hydroxylation is 1. The molecule has 216 valence electrons. The van der Waals surface area contributed by atoms with Crippen molar-refractivity contribution < 1.29 is 28.6 Å². The molecule has 9 heteroatoms. The molecule has 1 N–H and O–H groups in total. The molecule has 0 aliphatic carbocycles. The average Bonchev–Trinajstić information content (AvgIpc) is 3.30. The Kier molecular flexibility index (Phi) is 7.83. The van der Waals surface area contributed by atoms with Crippen molar-refractivity contribution in [2.75, 3.05) is 18.1 Å². The third kappa shape index (κ3) is 5.55. The molecule has 0 bridgehead atoms. The van der Waals surface area contributed by atoms with Gasteiger partial charge in [0.05, 0.1) is 12.2 Å². The molecule has 5 rings (SSSR count). The largest absolute Gasteiger partial charge is 0.490 e. The molecule has 3 aromatic carbocycles. The molecule has 2 heterocycles. The molecule has 0 aromatic heterocycles. The molecule has 2 aliphatic heterocycles. The lowest BCUT2D eigenvalue weighted by molar-refractivity contribution is -0.160. The summed E-state index contributed by atoms with van der Waals surface area (Å²) < 4.78 is 27.3. The molecule has 0 unspecified atom stereocenters. The summed E-state index contributed by atoms with van der Waals surface area (Å²) >= 11 is 12.4. The second kappa shape index (κ2) is 10.9. The molecular formula is C32H32Cl2FNO5. The van der Waals surface area contributed by atoms with Crippen LogP contribution in [0.1, 0.15) is 71.5 Å². The smallest absolute Gasteiger partial charge is 0.337 e. The minimum Gasteiger partial charge on any atom is -0.490 e. The van der Waals surface area contributed by atoms with Crippen molar-refractivity contribution in [2.24, 2.45) is 0 Å². The average molecular weight is 601 g/mol. The van der Waals surface area contributed by atoms with Crippen LogP contribution in [0.5, 0.6) is 5.75 Å². The summed E-state index contributed by atoms with van der Waals surface area (Å²) in [4.78, 5) is 28.1. The van der Waals surface area contributed by atoms with Crippen LogP contribution < -0.4 is 9.64 Å². The second-order valence-corrected chi connectivity index (χ2v) is 12.5. The summed E-state index contributed by atoms with van der Waals surface area (Å²) in [6.45, 7) is 9.88. The van der Waals surface area contributed by atoms with E-state index in [-0.39, 0.29) is 11.7 Å². The number of benzene rings is 3. The predicted octanol–water partition coefficient (Wildman–Crippen LogP) is 7.89. The molecule has 1 atom stereocenters. The van der Waals surface area contributed by atoms with Crippen molar-refractivity contribution in [3.63, 3.8) is 0 Å². The molecule has 0 radical (unpaired) electrons. The van der Waals surface area contributed by atoms with Gasteiger partial charge in [0.2, 0.25) is 0 Å². The number of fused-ring (bicyclic) bond motifs is 2. The van der Waals surface area contributed by atoms with Crippen LogP contribution in [-0.4, -0.2) is 35.7 Å². The number of hydrogen-bond donors (Lipinski definition) is 1. The van der Waals surface area contributed by atoms with E-state index in [9.17, 15) is 14.7 Å². The van der Waals surface area contributed by atoms with Gasteiger partial charge >= 0.3 is 5.97 Å². The topological polar surface area (TPSA) is 76.1 Å². The van der Waals surface area contributed by atoms with Crippen LogP contribution in [0.15, 0.2) is 30.3 Å². The molecule has 6 nitrogen and oxygen atoms in total. The normalized spacial score (nSPS) is 15.3. The van der Waals surface area contributed by atoms with E-state index in [1.165, 1.54) is 6.07 Å². The Morgan fingerprint density at radius 3 is 2.37 bits per heavy atom. The zero-order valence-electron chi connectivity index (χ0n) is 23.7. The summed E-state index contributed by atoms with van der Waals surface area (Å²) in [7, 11) is 0. The monoisotopic (exact) mass is 599 g/mol. The standard InChI is InChI=1S/C32H32Cl2FNO5/c1-16-11-25-22(8-9-36(25)30(37)18-12-19(33)14-20(34)13-18)27(26(16)29(31(38)39)41-32(3,4)5)23-15-24(35)28-21(17(23)2)7-6-10-40-28/h11-15,29H,6-10H2,1-5H3,(H,38,39)/t29-/m0/s1. The maximum absolute atomic E-state index is 15.6. The first-order valence-corrected chi connectivity index (χ1v) is 14.3. The van der Waals surface area contributed by atoms with E-state index in [0.717, 1.165) is 23.1 Å². The van der Waals surface area contributed by atoms with Gasteiger partial charge in [-0.25, -0.2) is 9.18 Å². The molecule has 0 fully saturated rings. The van der Waals surface area contributed by atoms with Gasteiger partial charge in [-0.2, -0.15) is 0 Å². The van der Waals surface area contributed by atoms with Crippen LogP contribution >= 0.6 is 23.2 Å². The van der Waals surface area contributed by atoms with Crippen molar-refractivity contribution >= 4 is 40.8 Å².